The predicted molar refractivity (Wildman–Crippen MR) is 54.2 cm³/mol. The van der Waals surface area contributed by atoms with Gasteiger partial charge in [-0.15, -0.1) is 0 Å². The Balaban J connectivity index is 3.40. The number of aliphatic hydroxyl groups is 1. The molecule has 0 aromatic heterocycles. The van der Waals surface area contributed by atoms with Gasteiger partial charge in [0.15, 0.2) is 0 Å². The van der Waals surface area contributed by atoms with Crippen LogP contribution in [0, 0.1) is 11.3 Å². The Hall–Kier alpha value is -0.0400. The molecule has 1 nitrogen and oxygen atoms in total. The summed E-state index contributed by atoms with van der Waals surface area (Å²) in [5.41, 5.74) is 0.457. The van der Waals surface area contributed by atoms with E-state index in [1.165, 1.54) is 19.3 Å². The Morgan fingerprint density at radius 3 is 2.17 bits per heavy atom. The molecule has 0 rings (SSSR count). The molecule has 0 saturated heterocycles. The molecule has 0 amide bonds. The van der Waals surface area contributed by atoms with Gasteiger partial charge in [0, 0.05) is 6.61 Å². The number of hydrogen-bond donors (Lipinski definition) is 1. The van der Waals surface area contributed by atoms with Crippen LogP contribution in [0.4, 0.5) is 0 Å². The third kappa shape index (κ3) is 8.06. The molecule has 0 aliphatic heterocycles. The maximum Gasteiger partial charge on any atom is 0.0431 e. The zero-order valence-electron chi connectivity index (χ0n) is 9.06. The highest BCUT2D eigenvalue weighted by Gasteiger charge is 2.14. The van der Waals surface area contributed by atoms with Crippen LogP contribution in [-0.4, -0.2) is 11.7 Å². The van der Waals surface area contributed by atoms with Gasteiger partial charge < -0.3 is 5.11 Å². The third-order valence-electron chi connectivity index (χ3n) is 2.07. The topological polar surface area (TPSA) is 20.2 Å². The van der Waals surface area contributed by atoms with E-state index in [9.17, 15) is 0 Å². The van der Waals surface area contributed by atoms with Gasteiger partial charge in [-0.05, 0) is 24.2 Å². The van der Waals surface area contributed by atoms with Crippen molar-refractivity contribution in [2.24, 2.45) is 11.3 Å². The molecule has 0 bridgehead atoms. The lowest BCUT2D eigenvalue weighted by Gasteiger charge is -2.22. The van der Waals surface area contributed by atoms with E-state index in [0.29, 0.717) is 12.0 Å². The van der Waals surface area contributed by atoms with E-state index < -0.39 is 0 Å². The summed E-state index contributed by atoms with van der Waals surface area (Å²) in [7, 11) is 0. The first kappa shape index (κ1) is 12.0. The fourth-order valence-electron chi connectivity index (χ4n) is 1.75. The molecule has 0 fully saturated rings. The fourth-order valence-corrected chi connectivity index (χ4v) is 1.75. The summed E-state index contributed by atoms with van der Waals surface area (Å²) in [5, 5.41) is 8.61. The average molecular weight is 172 g/mol. The second kappa shape index (κ2) is 5.58. The zero-order chi connectivity index (χ0) is 9.61. The number of rotatable bonds is 5. The van der Waals surface area contributed by atoms with Gasteiger partial charge in [0.1, 0.15) is 0 Å². The summed E-state index contributed by atoms with van der Waals surface area (Å²) in [6.07, 6.45) is 4.69. The van der Waals surface area contributed by atoms with Crippen LogP contribution in [0.1, 0.15) is 53.4 Å². The summed E-state index contributed by atoms with van der Waals surface area (Å²) in [5.74, 6) is 0.802. The first-order chi connectivity index (χ1) is 5.45. The molecule has 1 atom stereocenters. The fraction of sp³-hybridized carbons (Fsp3) is 1.00. The quantitative estimate of drug-likeness (QED) is 0.631. The first-order valence-corrected chi connectivity index (χ1v) is 5.06. The van der Waals surface area contributed by atoms with E-state index in [-0.39, 0.29) is 0 Å². The van der Waals surface area contributed by atoms with Crippen molar-refractivity contribution in [1.29, 1.82) is 0 Å². The molecule has 0 saturated carbocycles. The Labute approximate surface area is 77.2 Å². The standard InChI is InChI=1S/C11H24O/c1-10(7-5-6-8-12)9-11(2,3)4/h10,12H,5-9H2,1-4H3. The summed E-state index contributed by atoms with van der Waals surface area (Å²) < 4.78 is 0. The van der Waals surface area contributed by atoms with Crippen LogP contribution in [0.15, 0.2) is 0 Å². The lowest BCUT2D eigenvalue weighted by molar-refractivity contribution is 0.262. The van der Waals surface area contributed by atoms with Gasteiger partial charge in [-0.3, -0.25) is 0 Å². The second-order valence-corrected chi connectivity index (χ2v) is 5.09. The van der Waals surface area contributed by atoms with Crippen molar-refractivity contribution in [2.75, 3.05) is 6.61 Å². The maximum absolute atomic E-state index is 8.61. The van der Waals surface area contributed by atoms with Crippen molar-refractivity contribution >= 4 is 0 Å². The van der Waals surface area contributed by atoms with E-state index in [1.54, 1.807) is 0 Å². The van der Waals surface area contributed by atoms with Crippen LogP contribution in [0.2, 0.25) is 0 Å². The van der Waals surface area contributed by atoms with Gasteiger partial charge in [-0.25, -0.2) is 0 Å². The highest BCUT2D eigenvalue weighted by Crippen LogP contribution is 2.26. The van der Waals surface area contributed by atoms with Gasteiger partial charge in [0.2, 0.25) is 0 Å². The van der Waals surface area contributed by atoms with Crippen molar-refractivity contribution in [3.63, 3.8) is 0 Å². The van der Waals surface area contributed by atoms with Crippen molar-refractivity contribution in [3.05, 3.63) is 0 Å². The minimum atomic E-state index is 0.349. The van der Waals surface area contributed by atoms with E-state index >= 15 is 0 Å². The van der Waals surface area contributed by atoms with Crippen LogP contribution in [0.5, 0.6) is 0 Å². The van der Waals surface area contributed by atoms with Crippen LogP contribution in [0.25, 0.3) is 0 Å². The monoisotopic (exact) mass is 172 g/mol. The van der Waals surface area contributed by atoms with E-state index in [1.807, 2.05) is 0 Å². The van der Waals surface area contributed by atoms with Crippen molar-refractivity contribution in [3.8, 4) is 0 Å². The largest absolute Gasteiger partial charge is 0.396 e. The molecule has 0 aliphatic carbocycles. The van der Waals surface area contributed by atoms with Gasteiger partial charge in [-0.2, -0.15) is 0 Å². The summed E-state index contributed by atoms with van der Waals surface area (Å²) >= 11 is 0. The highest BCUT2D eigenvalue weighted by atomic mass is 16.2. The molecule has 0 spiro atoms. The molecule has 0 radical (unpaired) electrons. The Morgan fingerprint density at radius 2 is 1.75 bits per heavy atom. The normalized spacial score (nSPS) is 14.8. The molecule has 0 heterocycles. The van der Waals surface area contributed by atoms with Gasteiger partial charge in [-0.1, -0.05) is 40.5 Å². The zero-order valence-corrected chi connectivity index (χ0v) is 9.06. The highest BCUT2D eigenvalue weighted by molar-refractivity contribution is 4.66. The SMILES string of the molecule is CC(CCCCO)CC(C)(C)C. The van der Waals surface area contributed by atoms with Gasteiger partial charge >= 0.3 is 0 Å². The second-order valence-electron chi connectivity index (χ2n) is 5.09. The van der Waals surface area contributed by atoms with Crippen molar-refractivity contribution in [2.45, 2.75) is 53.4 Å². The predicted octanol–water partition coefficient (Wildman–Crippen LogP) is 3.22. The van der Waals surface area contributed by atoms with Gasteiger partial charge in [0.05, 0.1) is 0 Å². The van der Waals surface area contributed by atoms with Gasteiger partial charge in [0.25, 0.3) is 0 Å². The number of hydrogen-bond acceptors (Lipinski definition) is 1. The molecular formula is C11H24O. The maximum atomic E-state index is 8.61. The first-order valence-electron chi connectivity index (χ1n) is 5.06. The summed E-state index contributed by atoms with van der Waals surface area (Å²) in [4.78, 5) is 0. The van der Waals surface area contributed by atoms with E-state index in [0.717, 1.165) is 12.3 Å². The Kier molecular flexibility index (Phi) is 5.56. The third-order valence-corrected chi connectivity index (χ3v) is 2.07. The lowest BCUT2D eigenvalue weighted by atomic mass is 9.83. The molecule has 0 aromatic rings. The molecule has 1 N–H and O–H groups in total. The van der Waals surface area contributed by atoms with Crippen LogP contribution in [-0.2, 0) is 0 Å². The molecule has 1 heteroatoms. The minimum absolute atomic E-state index is 0.349. The molecule has 1 unspecified atom stereocenters. The molecule has 12 heavy (non-hydrogen) atoms. The van der Waals surface area contributed by atoms with Crippen molar-refractivity contribution in [1.82, 2.24) is 0 Å². The smallest absolute Gasteiger partial charge is 0.0431 e. The number of aliphatic hydroxyl groups excluding tert-OH is 1. The van der Waals surface area contributed by atoms with E-state index in [4.69, 9.17) is 5.11 Å². The summed E-state index contributed by atoms with van der Waals surface area (Å²) in [6, 6.07) is 0. The van der Waals surface area contributed by atoms with Crippen LogP contribution >= 0.6 is 0 Å². The van der Waals surface area contributed by atoms with Crippen LogP contribution in [0.3, 0.4) is 0 Å². The summed E-state index contributed by atoms with van der Waals surface area (Å²) in [6.45, 7) is 9.52. The number of unbranched alkanes of at least 4 members (excludes halogenated alkanes) is 1. The minimum Gasteiger partial charge on any atom is -0.396 e. The molecule has 0 aromatic carbocycles. The lowest BCUT2D eigenvalue weighted by Crippen LogP contribution is -2.10. The molecule has 74 valence electrons. The van der Waals surface area contributed by atoms with Crippen molar-refractivity contribution < 1.29 is 5.11 Å². The van der Waals surface area contributed by atoms with E-state index in [2.05, 4.69) is 27.7 Å². The average Bonchev–Trinajstić information content (AvgIpc) is 1.84. The molecule has 0 aliphatic rings. The Morgan fingerprint density at radius 1 is 1.17 bits per heavy atom. The Bertz CT molecular complexity index is 102. The van der Waals surface area contributed by atoms with Crippen LogP contribution < -0.4 is 0 Å². The molecular weight excluding hydrogens is 148 g/mol.